The SMILES string of the molecule is COC(=O)CC(NC(=O)COc1ccc(CC#N)cc1)c1ccc(Br)cc1. The van der Waals surface area contributed by atoms with Crippen LogP contribution in [0.1, 0.15) is 23.6 Å². The first-order chi connectivity index (χ1) is 13.0. The van der Waals surface area contributed by atoms with Crippen molar-refractivity contribution in [1.82, 2.24) is 5.32 Å². The van der Waals surface area contributed by atoms with Gasteiger partial charge in [0.15, 0.2) is 6.61 Å². The van der Waals surface area contributed by atoms with Crippen LogP contribution in [0.4, 0.5) is 0 Å². The van der Waals surface area contributed by atoms with E-state index in [4.69, 9.17) is 14.7 Å². The predicted molar refractivity (Wildman–Crippen MR) is 103 cm³/mol. The Morgan fingerprint density at radius 3 is 2.41 bits per heavy atom. The number of esters is 1. The molecule has 140 valence electrons. The smallest absolute Gasteiger partial charge is 0.307 e. The number of rotatable bonds is 8. The van der Waals surface area contributed by atoms with E-state index in [-0.39, 0.29) is 18.9 Å². The average Bonchev–Trinajstić information content (AvgIpc) is 2.67. The van der Waals surface area contributed by atoms with Crippen LogP contribution in [0.15, 0.2) is 53.0 Å². The maximum Gasteiger partial charge on any atom is 0.307 e. The zero-order valence-corrected chi connectivity index (χ0v) is 16.4. The summed E-state index contributed by atoms with van der Waals surface area (Å²) >= 11 is 3.36. The third kappa shape index (κ3) is 6.76. The van der Waals surface area contributed by atoms with Crippen LogP contribution < -0.4 is 10.1 Å². The standard InChI is InChI=1S/C20H19BrN2O4/c1-26-20(25)12-18(15-4-6-16(21)7-5-15)23-19(24)13-27-17-8-2-14(3-9-17)10-11-22/h2-9,18H,10,12-13H2,1H3,(H,23,24). The van der Waals surface area contributed by atoms with Crippen LogP contribution in [0.5, 0.6) is 5.75 Å². The number of benzene rings is 2. The zero-order valence-electron chi connectivity index (χ0n) is 14.8. The van der Waals surface area contributed by atoms with Crippen molar-refractivity contribution in [2.75, 3.05) is 13.7 Å². The van der Waals surface area contributed by atoms with Gasteiger partial charge in [0.1, 0.15) is 5.75 Å². The highest BCUT2D eigenvalue weighted by Crippen LogP contribution is 2.20. The van der Waals surface area contributed by atoms with Gasteiger partial charge < -0.3 is 14.8 Å². The summed E-state index contributed by atoms with van der Waals surface area (Å²) in [5, 5.41) is 11.5. The molecule has 27 heavy (non-hydrogen) atoms. The van der Waals surface area contributed by atoms with Crippen molar-refractivity contribution in [3.05, 3.63) is 64.1 Å². The summed E-state index contributed by atoms with van der Waals surface area (Å²) in [7, 11) is 1.31. The molecule has 1 amide bonds. The number of nitrogens with zero attached hydrogens (tertiary/aromatic N) is 1. The average molecular weight is 431 g/mol. The van der Waals surface area contributed by atoms with Crippen molar-refractivity contribution < 1.29 is 19.1 Å². The summed E-state index contributed by atoms with van der Waals surface area (Å²) in [4.78, 5) is 23.9. The molecule has 2 rings (SSSR count). The van der Waals surface area contributed by atoms with E-state index in [1.807, 2.05) is 24.3 Å². The van der Waals surface area contributed by atoms with Gasteiger partial charge in [0.05, 0.1) is 32.1 Å². The molecule has 0 saturated heterocycles. The summed E-state index contributed by atoms with van der Waals surface area (Å²) in [6.45, 7) is -0.189. The molecule has 0 saturated carbocycles. The van der Waals surface area contributed by atoms with E-state index >= 15 is 0 Å². The molecule has 0 aliphatic rings. The quantitative estimate of drug-likeness (QED) is 0.648. The van der Waals surface area contributed by atoms with Gasteiger partial charge in [-0.15, -0.1) is 0 Å². The van der Waals surface area contributed by atoms with E-state index in [2.05, 4.69) is 27.3 Å². The number of hydrogen-bond donors (Lipinski definition) is 1. The lowest BCUT2D eigenvalue weighted by molar-refractivity contribution is -0.141. The summed E-state index contributed by atoms with van der Waals surface area (Å²) in [5.41, 5.74) is 1.67. The van der Waals surface area contributed by atoms with Crippen LogP contribution in [0.2, 0.25) is 0 Å². The van der Waals surface area contributed by atoms with Crippen molar-refractivity contribution >= 4 is 27.8 Å². The monoisotopic (exact) mass is 430 g/mol. The highest BCUT2D eigenvalue weighted by molar-refractivity contribution is 9.10. The number of methoxy groups -OCH3 is 1. The summed E-state index contributed by atoms with van der Waals surface area (Å²) in [6.07, 6.45) is 0.343. The molecule has 1 N–H and O–H groups in total. The maximum atomic E-state index is 12.3. The second kappa shape index (κ2) is 10.3. The lowest BCUT2D eigenvalue weighted by Gasteiger charge is -2.18. The molecule has 0 radical (unpaired) electrons. The Balaban J connectivity index is 1.97. The second-order valence-electron chi connectivity index (χ2n) is 5.72. The van der Waals surface area contributed by atoms with Crippen molar-refractivity contribution in [2.24, 2.45) is 0 Å². The van der Waals surface area contributed by atoms with Gasteiger partial charge in [-0.25, -0.2) is 0 Å². The predicted octanol–water partition coefficient (Wildman–Crippen LogP) is 3.31. The van der Waals surface area contributed by atoms with E-state index < -0.39 is 12.0 Å². The van der Waals surface area contributed by atoms with Crippen molar-refractivity contribution in [2.45, 2.75) is 18.9 Å². The topological polar surface area (TPSA) is 88.4 Å². The minimum Gasteiger partial charge on any atom is -0.484 e. The lowest BCUT2D eigenvalue weighted by Crippen LogP contribution is -2.34. The van der Waals surface area contributed by atoms with Gasteiger partial charge in [-0.2, -0.15) is 5.26 Å². The third-order valence-electron chi connectivity index (χ3n) is 3.78. The maximum absolute atomic E-state index is 12.3. The molecule has 0 heterocycles. The number of halogens is 1. The van der Waals surface area contributed by atoms with Gasteiger partial charge in [-0.1, -0.05) is 40.2 Å². The van der Waals surface area contributed by atoms with Crippen molar-refractivity contribution in [1.29, 1.82) is 5.26 Å². The molecular weight excluding hydrogens is 412 g/mol. The number of carbonyl (C=O) groups excluding carboxylic acids is 2. The van der Waals surface area contributed by atoms with Crippen LogP contribution in [0.3, 0.4) is 0 Å². The van der Waals surface area contributed by atoms with Crippen LogP contribution in [-0.4, -0.2) is 25.6 Å². The van der Waals surface area contributed by atoms with Crippen LogP contribution >= 0.6 is 15.9 Å². The van der Waals surface area contributed by atoms with Gasteiger partial charge in [0.2, 0.25) is 0 Å². The molecule has 0 spiro atoms. The van der Waals surface area contributed by atoms with E-state index in [9.17, 15) is 9.59 Å². The highest BCUT2D eigenvalue weighted by atomic mass is 79.9. The molecule has 0 aliphatic heterocycles. The minimum absolute atomic E-state index is 0.0206. The summed E-state index contributed by atoms with van der Waals surface area (Å²) in [5.74, 6) is -0.245. The Hall–Kier alpha value is -2.85. The van der Waals surface area contributed by atoms with Crippen LogP contribution in [-0.2, 0) is 20.7 Å². The fourth-order valence-corrected chi connectivity index (χ4v) is 2.64. The number of carbonyl (C=O) groups is 2. The Kier molecular flexibility index (Phi) is 7.83. The van der Waals surface area contributed by atoms with E-state index in [0.717, 1.165) is 15.6 Å². The van der Waals surface area contributed by atoms with E-state index in [1.54, 1.807) is 24.3 Å². The van der Waals surface area contributed by atoms with Gasteiger partial charge in [-0.05, 0) is 35.4 Å². The molecular formula is C20H19BrN2O4. The van der Waals surface area contributed by atoms with Gasteiger partial charge in [0.25, 0.3) is 5.91 Å². The largest absolute Gasteiger partial charge is 0.484 e. The summed E-state index contributed by atoms with van der Waals surface area (Å²) < 4.78 is 11.1. The van der Waals surface area contributed by atoms with Crippen LogP contribution in [0, 0.1) is 11.3 Å². The zero-order chi connectivity index (χ0) is 19.6. The summed E-state index contributed by atoms with van der Waals surface area (Å²) in [6, 6.07) is 15.9. The molecule has 0 bridgehead atoms. The number of amides is 1. The molecule has 2 aromatic rings. The molecule has 0 aromatic heterocycles. The molecule has 0 fully saturated rings. The molecule has 6 nitrogen and oxygen atoms in total. The molecule has 0 aliphatic carbocycles. The first-order valence-electron chi connectivity index (χ1n) is 8.22. The molecule has 1 unspecified atom stereocenters. The number of hydrogen-bond acceptors (Lipinski definition) is 5. The normalized spacial score (nSPS) is 11.1. The van der Waals surface area contributed by atoms with Gasteiger partial charge >= 0.3 is 5.97 Å². The number of nitriles is 1. The Morgan fingerprint density at radius 2 is 1.81 bits per heavy atom. The highest BCUT2D eigenvalue weighted by Gasteiger charge is 2.19. The van der Waals surface area contributed by atoms with Gasteiger partial charge in [-0.3, -0.25) is 9.59 Å². The first kappa shape index (κ1) is 20.5. The molecule has 7 heteroatoms. The number of nitrogens with one attached hydrogen (secondary N) is 1. The van der Waals surface area contributed by atoms with Crippen LogP contribution in [0.25, 0.3) is 0 Å². The first-order valence-corrected chi connectivity index (χ1v) is 9.01. The van der Waals surface area contributed by atoms with E-state index in [0.29, 0.717) is 12.2 Å². The fourth-order valence-electron chi connectivity index (χ4n) is 2.38. The lowest BCUT2D eigenvalue weighted by atomic mass is 10.0. The fraction of sp³-hybridized carbons (Fsp3) is 0.250. The van der Waals surface area contributed by atoms with Crippen molar-refractivity contribution in [3.63, 3.8) is 0 Å². The molecule has 1 atom stereocenters. The van der Waals surface area contributed by atoms with E-state index in [1.165, 1.54) is 7.11 Å². The Bertz CT molecular complexity index is 813. The van der Waals surface area contributed by atoms with Gasteiger partial charge in [0, 0.05) is 4.47 Å². The third-order valence-corrected chi connectivity index (χ3v) is 4.31. The van der Waals surface area contributed by atoms with Crippen molar-refractivity contribution in [3.8, 4) is 11.8 Å². The second-order valence-corrected chi connectivity index (χ2v) is 6.64. The number of ether oxygens (including phenoxy) is 2. The Labute approximate surface area is 166 Å². The Morgan fingerprint density at radius 1 is 1.15 bits per heavy atom. The minimum atomic E-state index is -0.514. The molecule has 2 aromatic carbocycles.